The van der Waals surface area contributed by atoms with Gasteiger partial charge in [0, 0.05) is 24.7 Å². The van der Waals surface area contributed by atoms with Gasteiger partial charge in [-0.3, -0.25) is 9.59 Å². The molecule has 1 unspecified atom stereocenters. The largest absolute Gasteiger partial charge is 0.352 e. The first kappa shape index (κ1) is 12.6. The van der Waals surface area contributed by atoms with Gasteiger partial charge in [-0.15, -0.1) is 0 Å². The van der Waals surface area contributed by atoms with Crippen molar-refractivity contribution in [2.45, 2.75) is 18.9 Å². The summed E-state index contributed by atoms with van der Waals surface area (Å²) in [6.07, 6.45) is 1.43. The van der Waals surface area contributed by atoms with E-state index in [4.69, 9.17) is 0 Å². The summed E-state index contributed by atoms with van der Waals surface area (Å²) in [5.41, 5.74) is 0.790. The molecule has 2 rings (SSSR count). The van der Waals surface area contributed by atoms with Crippen molar-refractivity contribution in [3.8, 4) is 0 Å². The second kappa shape index (κ2) is 6.16. The molecule has 0 saturated carbocycles. The molecule has 1 aromatic carbocycles. The predicted molar refractivity (Wildman–Crippen MR) is 69.1 cm³/mol. The minimum Gasteiger partial charge on any atom is -0.352 e. The third kappa shape index (κ3) is 3.85. The van der Waals surface area contributed by atoms with Crippen LogP contribution in [0.4, 0.5) is 5.69 Å². The molecule has 1 heterocycles. The average molecular weight is 247 g/mol. The molecule has 0 bridgehead atoms. The number of para-hydroxylation sites is 1. The van der Waals surface area contributed by atoms with E-state index in [1.54, 1.807) is 0 Å². The number of nitrogens with one attached hydrogen (secondary N) is 3. The van der Waals surface area contributed by atoms with E-state index in [1.165, 1.54) is 0 Å². The number of amides is 2. The summed E-state index contributed by atoms with van der Waals surface area (Å²) < 4.78 is 0. The van der Waals surface area contributed by atoms with Crippen molar-refractivity contribution in [1.29, 1.82) is 0 Å². The zero-order valence-corrected chi connectivity index (χ0v) is 10.1. The van der Waals surface area contributed by atoms with Crippen molar-refractivity contribution in [2.75, 3.05) is 18.4 Å². The molecule has 1 atom stereocenters. The maximum atomic E-state index is 11.6. The molecule has 0 aliphatic carbocycles. The summed E-state index contributed by atoms with van der Waals surface area (Å²) in [4.78, 5) is 22.6. The molecule has 2 amide bonds. The third-order valence-corrected chi connectivity index (χ3v) is 2.82. The van der Waals surface area contributed by atoms with Crippen molar-refractivity contribution in [2.24, 2.45) is 0 Å². The summed E-state index contributed by atoms with van der Waals surface area (Å²) >= 11 is 0. The Bertz CT molecular complexity index is 420. The van der Waals surface area contributed by atoms with E-state index in [1.807, 2.05) is 30.3 Å². The van der Waals surface area contributed by atoms with Crippen LogP contribution in [0.2, 0.25) is 0 Å². The summed E-state index contributed by atoms with van der Waals surface area (Å²) in [6.45, 7) is 0.884. The van der Waals surface area contributed by atoms with Gasteiger partial charge in [0.15, 0.2) is 0 Å². The molecule has 0 aromatic heterocycles. The lowest BCUT2D eigenvalue weighted by atomic mass is 10.2. The van der Waals surface area contributed by atoms with Crippen molar-refractivity contribution in [1.82, 2.24) is 10.6 Å². The lowest BCUT2D eigenvalue weighted by molar-refractivity contribution is -0.119. The molecule has 0 spiro atoms. The Labute approximate surface area is 106 Å². The summed E-state index contributed by atoms with van der Waals surface area (Å²) in [5, 5.41) is 8.67. The standard InChI is InChI=1S/C13H17N3O2/c17-12-7-6-11(16-12)8-14-9-13(18)15-10-4-2-1-3-5-10/h1-5,11,14H,6-9H2,(H,15,18)(H,16,17). The van der Waals surface area contributed by atoms with E-state index >= 15 is 0 Å². The molecule has 1 saturated heterocycles. The van der Waals surface area contributed by atoms with Gasteiger partial charge in [0.2, 0.25) is 11.8 Å². The van der Waals surface area contributed by atoms with Gasteiger partial charge in [0.1, 0.15) is 0 Å². The molecule has 5 heteroatoms. The number of rotatable bonds is 5. The maximum Gasteiger partial charge on any atom is 0.238 e. The van der Waals surface area contributed by atoms with E-state index in [0.29, 0.717) is 13.0 Å². The first-order valence-corrected chi connectivity index (χ1v) is 6.09. The van der Waals surface area contributed by atoms with Crippen molar-refractivity contribution in [3.05, 3.63) is 30.3 Å². The molecule has 0 radical (unpaired) electrons. The van der Waals surface area contributed by atoms with Crippen molar-refractivity contribution >= 4 is 17.5 Å². The molecule has 1 fully saturated rings. The molecular weight excluding hydrogens is 230 g/mol. The topological polar surface area (TPSA) is 70.2 Å². The number of carbonyl (C=O) groups excluding carboxylic acids is 2. The van der Waals surface area contributed by atoms with Gasteiger partial charge in [-0.05, 0) is 18.6 Å². The van der Waals surface area contributed by atoms with Gasteiger partial charge in [-0.25, -0.2) is 0 Å². The molecule has 96 valence electrons. The zero-order valence-electron chi connectivity index (χ0n) is 10.1. The monoisotopic (exact) mass is 247 g/mol. The summed E-state index contributed by atoms with van der Waals surface area (Å²) in [6, 6.07) is 9.48. The van der Waals surface area contributed by atoms with Crippen LogP contribution in [0.25, 0.3) is 0 Å². The highest BCUT2D eigenvalue weighted by Crippen LogP contribution is 2.05. The van der Waals surface area contributed by atoms with E-state index in [-0.39, 0.29) is 24.4 Å². The number of hydrogen-bond donors (Lipinski definition) is 3. The second-order valence-electron chi connectivity index (χ2n) is 4.35. The summed E-state index contributed by atoms with van der Waals surface area (Å²) in [7, 11) is 0. The van der Waals surface area contributed by atoms with E-state index in [0.717, 1.165) is 12.1 Å². The molecule has 1 aliphatic rings. The Morgan fingerprint density at radius 3 is 2.78 bits per heavy atom. The van der Waals surface area contributed by atoms with Crippen LogP contribution in [0, 0.1) is 0 Å². The minimum atomic E-state index is -0.0782. The van der Waals surface area contributed by atoms with E-state index in [9.17, 15) is 9.59 Å². The van der Waals surface area contributed by atoms with Gasteiger partial charge in [-0.1, -0.05) is 18.2 Å². The molecule has 1 aliphatic heterocycles. The lowest BCUT2D eigenvalue weighted by Crippen LogP contribution is -2.38. The Hall–Kier alpha value is -1.88. The smallest absolute Gasteiger partial charge is 0.238 e. The minimum absolute atomic E-state index is 0.0782. The van der Waals surface area contributed by atoms with Crippen molar-refractivity contribution in [3.63, 3.8) is 0 Å². The van der Waals surface area contributed by atoms with E-state index in [2.05, 4.69) is 16.0 Å². The van der Waals surface area contributed by atoms with Crippen molar-refractivity contribution < 1.29 is 9.59 Å². The molecular formula is C13H17N3O2. The van der Waals surface area contributed by atoms with Crippen LogP contribution < -0.4 is 16.0 Å². The van der Waals surface area contributed by atoms with Crippen LogP contribution in [0.3, 0.4) is 0 Å². The molecule has 1 aromatic rings. The highest BCUT2D eigenvalue weighted by atomic mass is 16.2. The quantitative estimate of drug-likeness (QED) is 0.709. The number of anilines is 1. The average Bonchev–Trinajstić information content (AvgIpc) is 2.76. The molecule has 3 N–H and O–H groups in total. The van der Waals surface area contributed by atoms with Crippen LogP contribution in [-0.4, -0.2) is 30.9 Å². The fourth-order valence-electron chi connectivity index (χ4n) is 1.92. The first-order valence-electron chi connectivity index (χ1n) is 6.09. The second-order valence-corrected chi connectivity index (χ2v) is 4.35. The van der Waals surface area contributed by atoms with E-state index < -0.39 is 0 Å². The Morgan fingerprint density at radius 2 is 2.11 bits per heavy atom. The highest BCUT2D eigenvalue weighted by Gasteiger charge is 2.19. The zero-order chi connectivity index (χ0) is 12.8. The Kier molecular flexibility index (Phi) is 4.30. The third-order valence-electron chi connectivity index (χ3n) is 2.82. The van der Waals surface area contributed by atoms with Gasteiger partial charge in [0.25, 0.3) is 0 Å². The highest BCUT2D eigenvalue weighted by molar-refractivity contribution is 5.92. The summed E-state index contributed by atoms with van der Waals surface area (Å²) in [5.74, 6) is 0.0149. The predicted octanol–water partition coefficient (Wildman–Crippen LogP) is 0.493. The lowest BCUT2D eigenvalue weighted by Gasteiger charge is -2.11. The number of carbonyl (C=O) groups is 2. The Morgan fingerprint density at radius 1 is 1.33 bits per heavy atom. The molecule has 18 heavy (non-hydrogen) atoms. The molecule has 5 nitrogen and oxygen atoms in total. The number of benzene rings is 1. The van der Waals surface area contributed by atoms with Gasteiger partial charge in [0.05, 0.1) is 6.54 Å². The fourth-order valence-corrected chi connectivity index (χ4v) is 1.92. The van der Waals surface area contributed by atoms with Gasteiger partial charge < -0.3 is 16.0 Å². The normalized spacial score (nSPS) is 18.4. The van der Waals surface area contributed by atoms with Crippen LogP contribution in [-0.2, 0) is 9.59 Å². The van der Waals surface area contributed by atoms with Gasteiger partial charge in [-0.2, -0.15) is 0 Å². The van der Waals surface area contributed by atoms with Gasteiger partial charge >= 0.3 is 0 Å². The van der Waals surface area contributed by atoms with Crippen LogP contribution in [0.1, 0.15) is 12.8 Å². The Balaban J connectivity index is 1.65. The maximum absolute atomic E-state index is 11.6. The fraction of sp³-hybridized carbons (Fsp3) is 0.385. The van der Waals surface area contributed by atoms with Crippen LogP contribution in [0.5, 0.6) is 0 Å². The van der Waals surface area contributed by atoms with Crippen LogP contribution >= 0.6 is 0 Å². The number of hydrogen-bond acceptors (Lipinski definition) is 3. The SMILES string of the molecule is O=C(CNCC1CCC(=O)N1)Nc1ccccc1. The first-order chi connectivity index (χ1) is 8.74. The van der Waals surface area contributed by atoms with Crippen LogP contribution in [0.15, 0.2) is 30.3 Å².